The van der Waals surface area contributed by atoms with E-state index in [9.17, 15) is 5.26 Å². The fraction of sp³-hybridized carbons (Fsp3) is 0.588. The van der Waals surface area contributed by atoms with Gasteiger partial charge in [-0.2, -0.15) is 17.0 Å². The zero-order valence-corrected chi connectivity index (χ0v) is 14.1. The van der Waals surface area contributed by atoms with E-state index in [1.54, 1.807) is 0 Å². The Bertz CT molecular complexity index is 496. The van der Waals surface area contributed by atoms with Gasteiger partial charge in [-0.15, -0.1) is 0 Å². The molecule has 2 rings (SSSR count). The molecule has 1 unspecified atom stereocenters. The van der Waals surface area contributed by atoms with Crippen molar-refractivity contribution >= 4 is 23.4 Å². The summed E-state index contributed by atoms with van der Waals surface area (Å²) in [7, 11) is 0. The van der Waals surface area contributed by atoms with Crippen molar-refractivity contribution in [2.24, 2.45) is 0 Å². The van der Waals surface area contributed by atoms with Gasteiger partial charge in [-0.05, 0) is 49.5 Å². The Morgan fingerprint density at radius 1 is 1.43 bits per heavy atom. The molecule has 1 aliphatic rings. The van der Waals surface area contributed by atoms with Crippen LogP contribution in [0, 0.1) is 11.3 Å². The molecule has 0 spiro atoms. The summed E-state index contributed by atoms with van der Waals surface area (Å²) in [5, 5.41) is 13.9. The smallest absolute Gasteiger partial charge is 0.106 e. The van der Waals surface area contributed by atoms with Gasteiger partial charge in [0, 0.05) is 16.8 Å². The normalized spacial score (nSPS) is 17.2. The van der Waals surface area contributed by atoms with E-state index >= 15 is 0 Å². The highest BCUT2D eigenvalue weighted by Gasteiger charge is 2.34. The van der Waals surface area contributed by atoms with Crippen molar-refractivity contribution in [1.29, 1.82) is 5.26 Å². The molecule has 1 aromatic rings. The molecule has 1 aromatic carbocycles. The van der Waals surface area contributed by atoms with E-state index in [1.165, 1.54) is 18.4 Å². The molecule has 0 aromatic heterocycles. The zero-order valence-electron chi connectivity index (χ0n) is 12.6. The van der Waals surface area contributed by atoms with E-state index in [4.69, 9.17) is 11.6 Å². The molecule has 0 radical (unpaired) electrons. The van der Waals surface area contributed by atoms with Crippen molar-refractivity contribution in [3.05, 3.63) is 34.9 Å². The van der Waals surface area contributed by atoms with Crippen LogP contribution in [0.4, 0.5) is 0 Å². The second-order valence-corrected chi connectivity index (χ2v) is 7.23. The molecule has 1 fully saturated rings. The Labute approximate surface area is 137 Å². The first-order chi connectivity index (χ1) is 10.2. The van der Waals surface area contributed by atoms with Crippen molar-refractivity contribution in [3.63, 3.8) is 0 Å². The van der Waals surface area contributed by atoms with Crippen molar-refractivity contribution in [1.82, 2.24) is 5.32 Å². The lowest BCUT2D eigenvalue weighted by Gasteiger charge is -2.26. The average molecular weight is 323 g/mol. The predicted octanol–water partition coefficient (Wildman–Crippen LogP) is 4.78. The summed E-state index contributed by atoms with van der Waals surface area (Å²) in [6, 6.07) is 11.1. The lowest BCUT2D eigenvalue weighted by Crippen LogP contribution is -2.44. The van der Waals surface area contributed by atoms with Gasteiger partial charge in [-0.3, -0.25) is 5.32 Å². The van der Waals surface area contributed by atoms with Gasteiger partial charge in [-0.1, -0.05) is 36.7 Å². The van der Waals surface area contributed by atoms with Gasteiger partial charge in [-0.25, -0.2) is 0 Å². The van der Waals surface area contributed by atoms with Crippen LogP contribution < -0.4 is 5.32 Å². The number of nitrogens with one attached hydrogen (secondary N) is 1. The number of rotatable bonds is 9. The van der Waals surface area contributed by atoms with E-state index < -0.39 is 0 Å². The summed E-state index contributed by atoms with van der Waals surface area (Å²) in [5.74, 6) is 2.02. The van der Waals surface area contributed by atoms with Crippen molar-refractivity contribution in [3.8, 4) is 6.07 Å². The third-order valence-electron chi connectivity index (χ3n) is 3.98. The minimum Gasteiger partial charge on any atom is -0.297 e. The SMILES string of the molecule is CCC(C#N)(CCCSCc1ccccc1Cl)NC1CC1. The van der Waals surface area contributed by atoms with Gasteiger partial charge in [0.2, 0.25) is 0 Å². The van der Waals surface area contributed by atoms with E-state index in [0.29, 0.717) is 6.04 Å². The molecule has 0 bridgehead atoms. The number of halogens is 1. The molecule has 0 aliphatic heterocycles. The molecule has 2 nitrogen and oxygen atoms in total. The van der Waals surface area contributed by atoms with E-state index in [0.717, 1.165) is 35.8 Å². The molecule has 1 N–H and O–H groups in total. The van der Waals surface area contributed by atoms with Gasteiger partial charge < -0.3 is 0 Å². The molecular weight excluding hydrogens is 300 g/mol. The van der Waals surface area contributed by atoms with Crippen LogP contribution in [-0.2, 0) is 5.75 Å². The first kappa shape index (κ1) is 16.7. The van der Waals surface area contributed by atoms with Crippen LogP contribution in [0.1, 0.15) is 44.6 Å². The molecular formula is C17H23ClN2S. The molecule has 4 heteroatoms. The summed E-state index contributed by atoms with van der Waals surface area (Å²) in [6.07, 6.45) is 5.34. The minimum absolute atomic E-state index is 0.313. The Morgan fingerprint density at radius 2 is 2.19 bits per heavy atom. The second kappa shape index (κ2) is 8.08. The minimum atomic E-state index is -0.313. The topological polar surface area (TPSA) is 35.8 Å². The number of hydrogen-bond donors (Lipinski definition) is 1. The maximum absolute atomic E-state index is 9.49. The fourth-order valence-electron chi connectivity index (χ4n) is 2.41. The molecule has 0 heterocycles. The lowest BCUT2D eigenvalue weighted by molar-refractivity contribution is 0.367. The van der Waals surface area contributed by atoms with Gasteiger partial charge in [0.15, 0.2) is 0 Å². The van der Waals surface area contributed by atoms with E-state index in [-0.39, 0.29) is 5.54 Å². The van der Waals surface area contributed by atoms with Crippen LogP contribution in [0.3, 0.4) is 0 Å². The standard InChI is InChI=1S/C17H23ClN2S/c1-2-17(13-19,20-15-8-9-15)10-5-11-21-12-14-6-3-4-7-16(14)18/h3-4,6-7,15,20H,2,5,8-12H2,1H3. The number of hydrogen-bond acceptors (Lipinski definition) is 3. The molecule has 1 aliphatic carbocycles. The van der Waals surface area contributed by atoms with Crippen LogP contribution in [0.25, 0.3) is 0 Å². The quantitative estimate of drug-likeness (QED) is 0.665. The Balaban J connectivity index is 1.70. The molecule has 1 saturated carbocycles. The number of nitriles is 1. The largest absolute Gasteiger partial charge is 0.297 e. The average Bonchev–Trinajstić information content (AvgIpc) is 3.31. The zero-order chi connectivity index (χ0) is 15.1. The van der Waals surface area contributed by atoms with E-state index in [2.05, 4.69) is 24.4 Å². The van der Waals surface area contributed by atoms with Crippen LogP contribution >= 0.6 is 23.4 Å². The molecule has 0 saturated heterocycles. The summed E-state index contributed by atoms with van der Waals surface area (Å²) in [5.41, 5.74) is 0.883. The highest BCUT2D eigenvalue weighted by Crippen LogP contribution is 2.28. The number of thioether (sulfide) groups is 1. The maximum atomic E-state index is 9.49. The van der Waals surface area contributed by atoms with Crippen LogP contribution in [0.2, 0.25) is 5.02 Å². The van der Waals surface area contributed by atoms with Gasteiger partial charge in [0.1, 0.15) is 5.54 Å². The van der Waals surface area contributed by atoms with Crippen LogP contribution in [0.15, 0.2) is 24.3 Å². The molecule has 0 amide bonds. The van der Waals surface area contributed by atoms with E-state index in [1.807, 2.05) is 30.0 Å². The third kappa shape index (κ3) is 5.21. The first-order valence-electron chi connectivity index (χ1n) is 7.69. The fourth-order valence-corrected chi connectivity index (χ4v) is 3.66. The number of nitrogens with zero attached hydrogens (tertiary/aromatic N) is 1. The van der Waals surface area contributed by atoms with Gasteiger partial charge in [0.25, 0.3) is 0 Å². The summed E-state index contributed by atoms with van der Waals surface area (Å²) in [6.45, 7) is 2.11. The second-order valence-electron chi connectivity index (χ2n) is 5.71. The summed E-state index contributed by atoms with van der Waals surface area (Å²) < 4.78 is 0. The molecule has 1 atom stereocenters. The highest BCUT2D eigenvalue weighted by molar-refractivity contribution is 7.98. The molecule has 21 heavy (non-hydrogen) atoms. The Kier molecular flexibility index (Phi) is 6.41. The highest BCUT2D eigenvalue weighted by atomic mass is 35.5. The molecule has 114 valence electrons. The predicted molar refractivity (Wildman–Crippen MR) is 91.6 cm³/mol. The maximum Gasteiger partial charge on any atom is 0.106 e. The van der Waals surface area contributed by atoms with Crippen LogP contribution in [0.5, 0.6) is 0 Å². The number of benzene rings is 1. The third-order valence-corrected chi connectivity index (χ3v) is 5.44. The lowest BCUT2D eigenvalue weighted by atomic mass is 9.92. The Hall–Kier alpha value is -0.690. The van der Waals surface area contributed by atoms with Crippen LogP contribution in [-0.4, -0.2) is 17.3 Å². The monoisotopic (exact) mass is 322 g/mol. The van der Waals surface area contributed by atoms with Crippen molar-refractivity contribution in [2.45, 2.75) is 56.4 Å². The van der Waals surface area contributed by atoms with Gasteiger partial charge in [0.05, 0.1) is 6.07 Å². The van der Waals surface area contributed by atoms with Crippen molar-refractivity contribution < 1.29 is 0 Å². The van der Waals surface area contributed by atoms with Crippen molar-refractivity contribution in [2.75, 3.05) is 5.75 Å². The summed E-state index contributed by atoms with van der Waals surface area (Å²) in [4.78, 5) is 0. The first-order valence-corrected chi connectivity index (χ1v) is 9.22. The van der Waals surface area contributed by atoms with Gasteiger partial charge >= 0.3 is 0 Å². The summed E-state index contributed by atoms with van der Waals surface area (Å²) >= 11 is 8.05. The Morgan fingerprint density at radius 3 is 2.81 bits per heavy atom.